The molecule has 0 radical (unpaired) electrons. The Kier molecular flexibility index (Phi) is 6.08. The molecule has 1 aliphatic rings. The van der Waals surface area contributed by atoms with Gasteiger partial charge in [0, 0.05) is 33.1 Å². The van der Waals surface area contributed by atoms with Crippen molar-refractivity contribution in [1.82, 2.24) is 30.0 Å². The molecule has 0 unspecified atom stereocenters. The molecule has 0 bridgehead atoms. The molecule has 1 aliphatic heterocycles. The van der Waals surface area contributed by atoms with Crippen LogP contribution in [-0.4, -0.2) is 30.6 Å². The minimum absolute atomic E-state index is 0.225. The van der Waals surface area contributed by atoms with E-state index in [1.54, 1.807) is 17.5 Å². The molecule has 6 rings (SSSR count). The molecule has 1 amide bonds. The number of fused-ring (bicyclic) bond motifs is 2. The number of amides is 1. The van der Waals surface area contributed by atoms with Crippen LogP contribution in [-0.2, 0) is 17.8 Å². The van der Waals surface area contributed by atoms with Crippen molar-refractivity contribution in [2.75, 3.05) is 11.1 Å². The van der Waals surface area contributed by atoms with E-state index in [9.17, 15) is 9.59 Å². The fourth-order valence-corrected chi connectivity index (χ4v) is 5.56. The summed E-state index contributed by atoms with van der Waals surface area (Å²) >= 11 is 1.55. The molecule has 0 spiro atoms. The average Bonchev–Trinajstić information content (AvgIpc) is 3.67. The molecule has 2 atom stereocenters. The van der Waals surface area contributed by atoms with E-state index in [4.69, 9.17) is 10.2 Å². The van der Waals surface area contributed by atoms with Crippen LogP contribution in [0.25, 0.3) is 21.5 Å². The van der Waals surface area contributed by atoms with Gasteiger partial charge >= 0.3 is 0 Å². The molecular weight excluding hydrogens is 504 g/mol. The molecular formula is C26H24N8O3S. The van der Waals surface area contributed by atoms with E-state index in [1.165, 1.54) is 10.8 Å². The lowest BCUT2D eigenvalue weighted by Gasteiger charge is -2.16. The maximum atomic E-state index is 13.4. The van der Waals surface area contributed by atoms with Crippen LogP contribution in [0.1, 0.15) is 42.0 Å². The molecule has 192 valence electrons. The van der Waals surface area contributed by atoms with Crippen molar-refractivity contribution < 1.29 is 9.21 Å². The van der Waals surface area contributed by atoms with Gasteiger partial charge in [-0.25, -0.2) is 9.97 Å². The highest BCUT2D eigenvalue weighted by molar-refractivity contribution is 7.19. The summed E-state index contributed by atoms with van der Waals surface area (Å²) in [7, 11) is 0. The van der Waals surface area contributed by atoms with Crippen molar-refractivity contribution in [3.8, 4) is 11.5 Å². The maximum absolute atomic E-state index is 13.4. The number of hydrogen-bond acceptors (Lipinski definition) is 10. The number of nitrogens with zero attached hydrogens (tertiary/aromatic N) is 5. The number of nitrogens with one attached hydrogen (secondary N) is 2. The molecule has 0 saturated heterocycles. The summed E-state index contributed by atoms with van der Waals surface area (Å²) in [6, 6.07) is 12.2. The van der Waals surface area contributed by atoms with Gasteiger partial charge in [-0.1, -0.05) is 18.2 Å². The van der Waals surface area contributed by atoms with E-state index in [-0.39, 0.29) is 17.2 Å². The van der Waals surface area contributed by atoms with Crippen LogP contribution in [0.15, 0.2) is 64.1 Å². The van der Waals surface area contributed by atoms with Gasteiger partial charge in [-0.05, 0) is 37.6 Å². The van der Waals surface area contributed by atoms with Crippen molar-refractivity contribution in [3.63, 3.8) is 0 Å². The number of nitrogens with two attached hydrogens (primary N) is 1. The number of aromatic nitrogens is 5. The van der Waals surface area contributed by atoms with Gasteiger partial charge in [0.1, 0.15) is 29.4 Å². The van der Waals surface area contributed by atoms with Gasteiger partial charge < -0.3 is 20.8 Å². The SMILES string of the molecule is C[C@H](Nc1cnc2n(c1=O)[C@H](C(=O)NCc1cc3cnc(N)cc3s1)CC2)c1nnc(-c2ccccc2)o1. The van der Waals surface area contributed by atoms with Gasteiger partial charge in [-0.3, -0.25) is 14.2 Å². The highest BCUT2D eigenvalue weighted by Crippen LogP contribution is 2.28. The number of rotatable bonds is 7. The number of anilines is 2. The minimum Gasteiger partial charge on any atom is -0.418 e. The van der Waals surface area contributed by atoms with Crippen molar-refractivity contribution >= 4 is 38.8 Å². The number of pyridine rings is 1. The lowest BCUT2D eigenvalue weighted by Crippen LogP contribution is -2.36. The van der Waals surface area contributed by atoms with Gasteiger partial charge in [0.2, 0.25) is 17.7 Å². The molecule has 1 aromatic carbocycles. The first-order valence-corrected chi connectivity index (χ1v) is 13.0. The third-order valence-corrected chi connectivity index (χ3v) is 7.54. The van der Waals surface area contributed by atoms with Crippen molar-refractivity contribution in [2.45, 2.75) is 38.4 Å². The summed E-state index contributed by atoms with van der Waals surface area (Å²) in [5.41, 5.74) is 6.52. The van der Waals surface area contributed by atoms with E-state index in [2.05, 4.69) is 30.8 Å². The van der Waals surface area contributed by atoms with Gasteiger partial charge in [0.25, 0.3) is 5.56 Å². The summed E-state index contributed by atoms with van der Waals surface area (Å²) in [5.74, 6) is 1.55. The maximum Gasteiger partial charge on any atom is 0.277 e. The molecule has 38 heavy (non-hydrogen) atoms. The fraction of sp³-hybridized carbons (Fsp3) is 0.231. The summed E-state index contributed by atoms with van der Waals surface area (Å²) in [6.07, 6.45) is 4.26. The molecule has 4 aromatic heterocycles. The van der Waals surface area contributed by atoms with Crippen LogP contribution < -0.4 is 21.9 Å². The van der Waals surface area contributed by atoms with Crippen molar-refractivity contribution in [3.05, 3.63) is 81.8 Å². The van der Waals surface area contributed by atoms with Gasteiger partial charge in [-0.2, -0.15) is 0 Å². The fourth-order valence-electron chi connectivity index (χ4n) is 4.54. The second kappa shape index (κ2) is 9.71. The summed E-state index contributed by atoms with van der Waals surface area (Å²) in [5, 5.41) is 15.3. The standard InChI is InChI=1S/C26H24N8O3S/c1-14(24-32-33-25(37-24)15-5-3-2-4-6-15)31-18-13-29-22-8-7-19(34(22)26(18)36)23(35)30-12-17-9-16-11-28-21(27)10-20(16)38-17/h2-6,9-11,13-14,19,31H,7-8,12H2,1H3,(H2,27,28)(H,30,35)/t14-,19-/m0/s1. The molecule has 5 aromatic rings. The Morgan fingerprint density at radius 3 is 2.89 bits per heavy atom. The third kappa shape index (κ3) is 4.50. The number of thiophene rings is 1. The lowest BCUT2D eigenvalue weighted by atomic mass is 10.2. The van der Waals surface area contributed by atoms with Gasteiger partial charge in [0.05, 0.1) is 12.7 Å². The van der Waals surface area contributed by atoms with Crippen LogP contribution >= 0.6 is 11.3 Å². The quantitative estimate of drug-likeness (QED) is 0.288. The van der Waals surface area contributed by atoms with E-state index < -0.39 is 12.1 Å². The average molecular weight is 529 g/mol. The molecule has 12 heteroatoms. The zero-order chi connectivity index (χ0) is 26.2. The number of benzene rings is 1. The van der Waals surface area contributed by atoms with E-state index in [0.717, 1.165) is 20.5 Å². The molecule has 11 nitrogen and oxygen atoms in total. The summed E-state index contributed by atoms with van der Waals surface area (Å²) < 4.78 is 8.29. The zero-order valence-corrected chi connectivity index (χ0v) is 21.2. The largest absolute Gasteiger partial charge is 0.418 e. The first-order chi connectivity index (χ1) is 18.5. The lowest BCUT2D eigenvalue weighted by molar-refractivity contribution is -0.124. The Hall–Kier alpha value is -4.58. The topological polar surface area (TPSA) is 154 Å². The normalized spacial score (nSPS) is 15.3. The number of aryl methyl sites for hydroxylation is 1. The Morgan fingerprint density at radius 2 is 2.05 bits per heavy atom. The van der Waals surface area contributed by atoms with Gasteiger partial charge in [0.15, 0.2) is 0 Å². The Morgan fingerprint density at radius 1 is 1.21 bits per heavy atom. The van der Waals surface area contributed by atoms with Crippen LogP contribution in [0.4, 0.5) is 11.5 Å². The summed E-state index contributed by atoms with van der Waals surface area (Å²) in [4.78, 5) is 36.0. The van der Waals surface area contributed by atoms with E-state index >= 15 is 0 Å². The third-order valence-electron chi connectivity index (χ3n) is 6.44. The molecule has 0 fully saturated rings. The minimum atomic E-state index is -0.637. The number of carbonyl (C=O) groups excluding carboxylic acids is 1. The first-order valence-electron chi connectivity index (χ1n) is 12.1. The first kappa shape index (κ1) is 23.8. The van der Waals surface area contributed by atoms with E-state index in [0.29, 0.717) is 42.8 Å². The van der Waals surface area contributed by atoms with Gasteiger partial charge in [-0.15, -0.1) is 21.5 Å². The monoisotopic (exact) mass is 528 g/mol. The van der Waals surface area contributed by atoms with Crippen molar-refractivity contribution in [2.24, 2.45) is 0 Å². The molecule has 0 aliphatic carbocycles. The predicted molar refractivity (Wildman–Crippen MR) is 144 cm³/mol. The molecule has 4 N–H and O–H groups in total. The molecule has 0 saturated carbocycles. The molecule has 5 heterocycles. The van der Waals surface area contributed by atoms with Crippen LogP contribution in [0.2, 0.25) is 0 Å². The van der Waals surface area contributed by atoms with Crippen LogP contribution in [0.3, 0.4) is 0 Å². The second-order valence-electron chi connectivity index (χ2n) is 9.07. The highest BCUT2D eigenvalue weighted by Gasteiger charge is 2.31. The number of hydrogen-bond donors (Lipinski definition) is 3. The Labute approximate surface area is 220 Å². The van der Waals surface area contributed by atoms with Crippen molar-refractivity contribution in [1.29, 1.82) is 0 Å². The number of nitrogen functional groups attached to an aromatic ring is 1. The van der Waals surface area contributed by atoms with Crippen LogP contribution in [0, 0.1) is 0 Å². The second-order valence-corrected chi connectivity index (χ2v) is 10.2. The van der Waals surface area contributed by atoms with E-state index in [1.807, 2.05) is 49.4 Å². The summed E-state index contributed by atoms with van der Waals surface area (Å²) in [6.45, 7) is 2.17. The zero-order valence-electron chi connectivity index (χ0n) is 20.4. The Balaban J connectivity index is 1.16. The predicted octanol–water partition coefficient (Wildman–Crippen LogP) is 3.46. The Bertz CT molecular complexity index is 1690. The highest BCUT2D eigenvalue weighted by atomic mass is 32.1. The van der Waals surface area contributed by atoms with Crippen LogP contribution in [0.5, 0.6) is 0 Å². The smallest absolute Gasteiger partial charge is 0.277 e. The number of carbonyl (C=O) groups is 1.